The van der Waals surface area contributed by atoms with Gasteiger partial charge in [0.05, 0.1) is 0 Å². The number of carbonyl (C=O) groups excluding carboxylic acids is 1. The van der Waals surface area contributed by atoms with Crippen molar-refractivity contribution in [3.05, 3.63) is 11.1 Å². The topological polar surface area (TPSA) is 17.1 Å². The highest BCUT2D eigenvalue weighted by molar-refractivity contribution is 5.64. The quantitative estimate of drug-likeness (QED) is 0.493. The zero-order valence-electron chi connectivity index (χ0n) is 11.5. The minimum Gasteiger partial charge on any atom is -0.303 e. The Labute approximate surface area is 105 Å². The fourth-order valence-corrected chi connectivity index (χ4v) is 5.09. The maximum absolute atomic E-state index is 11.9. The summed E-state index contributed by atoms with van der Waals surface area (Å²) in [6.45, 7) is 9.26. The van der Waals surface area contributed by atoms with Gasteiger partial charge in [-0.15, -0.1) is 0 Å². The molecule has 3 fully saturated rings. The molecule has 0 aromatic heterocycles. The fourth-order valence-electron chi connectivity index (χ4n) is 5.09. The second-order valence-electron chi connectivity index (χ2n) is 7.41. The monoisotopic (exact) mass is 232 g/mol. The van der Waals surface area contributed by atoms with E-state index in [1.807, 2.05) is 0 Å². The molecule has 0 spiro atoms. The van der Waals surface area contributed by atoms with Gasteiger partial charge in [-0.3, -0.25) is 0 Å². The van der Waals surface area contributed by atoms with Gasteiger partial charge in [0, 0.05) is 5.41 Å². The number of allylic oxidation sites excluding steroid dienone is 2. The van der Waals surface area contributed by atoms with E-state index in [2.05, 4.69) is 27.7 Å². The Balaban J connectivity index is 2.04. The summed E-state index contributed by atoms with van der Waals surface area (Å²) in [5, 5.41) is 0. The van der Waals surface area contributed by atoms with E-state index in [1.54, 1.807) is 5.57 Å². The van der Waals surface area contributed by atoms with Crippen LogP contribution in [-0.4, -0.2) is 6.29 Å². The van der Waals surface area contributed by atoms with Crippen LogP contribution in [0.15, 0.2) is 11.1 Å². The third-order valence-electron chi connectivity index (χ3n) is 6.52. The van der Waals surface area contributed by atoms with Gasteiger partial charge in [-0.1, -0.05) is 25.0 Å². The summed E-state index contributed by atoms with van der Waals surface area (Å²) in [4.78, 5) is 11.9. The molecule has 2 bridgehead atoms. The molecule has 4 atom stereocenters. The highest BCUT2D eigenvalue weighted by atomic mass is 16.1. The molecule has 0 saturated heterocycles. The van der Waals surface area contributed by atoms with Gasteiger partial charge in [0.2, 0.25) is 0 Å². The summed E-state index contributed by atoms with van der Waals surface area (Å²) >= 11 is 0. The second kappa shape index (κ2) is 3.24. The lowest BCUT2D eigenvalue weighted by molar-refractivity contribution is -0.188. The van der Waals surface area contributed by atoms with Crippen LogP contribution in [0.4, 0.5) is 0 Å². The third kappa shape index (κ3) is 1.23. The van der Waals surface area contributed by atoms with Crippen LogP contribution in [0.3, 0.4) is 0 Å². The molecule has 3 saturated carbocycles. The summed E-state index contributed by atoms with van der Waals surface area (Å²) < 4.78 is 0. The Morgan fingerprint density at radius 2 is 1.82 bits per heavy atom. The standard InChI is InChI=1S/C16H24O/c1-10-5-13-6-12-7-14(15(12,3)4)16(13,9-17)8-11(10)2/h9,12-14H,5-8H2,1-4H3/t12-,13?,14+,16+/m1/s1. The third-order valence-corrected chi connectivity index (χ3v) is 6.52. The van der Waals surface area contributed by atoms with E-state index in [4.69, 9.17) is 0 Å². The molecule has 0 radical (unpaired) electrons. The summed E-state index contributed by atoms with van der Waals surface area (Å²) in [5.74, 6) is 2.15. The van der Waals surface area contributed by atoms with Crippen LogP contribution in [-0.2, 0) is 4.79 Å². The first-order chi connectivity index (χ1) is 7.91. The molecule has 1 heteroatoms. The Morgan fingerprint density at radius 3 is 2.41 bits per heavy atom. The summed E-state index contributed by atoms with van der Waals surface area (Å²) in [6.07, 6.45) is 6.14. The molecule has 4 aliphatic carbocycles. The molecule has 4 aliphatic rings. The minimum absolute atomic E-state index is 0.0121. The van der Waals surface area contributed by atoms with Crippen molar-refractivity contribution in [1.29, 1.82) is 0 Å². The minimum atomic E-state index is -0.0121. The van der Waals surface area contributed by atoms with E-state index in [-0.39, 0.29) is 5.41 Å². The second-order valence-corrected chi connectivity index (χ2v) is 7.41. The summed E-state index contributed by atoms with van der Waals surface area (Å²) in [6, 6.07) is 0. The van der Waals surface area contributed by atoms with Gasteiger partial charge >= 0.3 is 0 Å². The van der Waals surface area contributed by atoms with E-state index in [9.17, 15) is 4.79 Å². The van der Waals surface area contributed by atoms with Crippen molar-refractivity contribution in [2.45, 2.75) is 53.4 Å². The molecule has 0 aromatic rings. The lowest BCUT2D eigenvalue weighted by atomic mass is 9.36. The van der Waals surface area contributed by atoms with Crippen LogP contribution in [0.25, 0.3) is 0 Å². The maximum atomic E-state index is 11.9. The van der Waals surface area contributed by atoms with Gasteiger partial charge in [-0.2, -0.15) is 0 Å². The smallest absolute Gasteiger partial charge is 0.127 e. The molecule has 0 heterocycles. The molecule has 1 nitrogen and oxygen atoms in total. The molecule has 0 aromatic carbocycles. The Bertz CT molecular complexity index is 404. The lowest BCUT2D eigenvalue weighted by Crippen LogP contribution is -2.63. The van der Waals surface area contributed by atoms with Crippen molar-refractivity contribution in [2.75, 3.05) is 0 Å². The predicted molar refractivity (Wildman–Crippen MR) is 69.6 cm³/mol. The Morgan fingerprint density at radius 1 is 1.12 bits per heavy atom. The molecule has 0 aliphatic heterocycles. The highest BCUT2D eigenvalue weighted by Crippen LogP contribution is 2.70. The van der Waals surface area contributed by atoms with Crippen molar-refractivity contribution in [3.63, 3.8) is 0 Å². The summed E-state index contributed by atoms with van der Waals surface area (Å²) in [5.41, 5.74) is 3.42. The molecule has 4 rings (SSSR count). The van der Waals surface area contributed by atoms with Crippen LogP contribution < -0.4 is 0 Å². The van der Waals surface area contributed by atoms with Crippen molar-refractivity contribution in [2.24, 2.45) is 28.6 Å². The molecular weight excluding hydrogens is 208 g/mol. The van der Waals surface area contributed by atoms with E-state index < -0.39 is 0 Å². The normalized spacial score (nSPS) is 47.2. The van der Waals surface area contributed by atoms with E-state index in [0.717, 1.165) is 12.3 Å². The van der Waals surface area contributed by atoms with Crippen molar-refractivity contribution in [1.82, 2.24) is 0 Å². The molecular formula is C16H24O. The average molecular weight is 232 g/mol. The largest absolute Gasteiger partial charge is 0.303 e. The SMILES string of the molecule is CC1=C(C)C[C@]2(C=O)C(C1)C[C@@H]1C[C@H]2C1(C)C. The fraction of sp³-hybridized carbons (Fsp3) is 0.812. The van der Waals surface area contributed by atoms with Gasteiger partial charge in [0.25, 0.3) is 0 Å². The van der Waals surface area contributed by atoms with Gasteiger partial charge < -0.3 is 4.79 Å². The van der Waals surface area contributed by atoms with Crippen LogP contribution >= 0.6 is 0 Å². The Hall–Kier alpha value is -0.590. The predicted octanol–water partition coefficient (Wildman–Crippen LogP) is 3.98. The van der Waals surface area contributed by atoms with Gasteiger partial charge in [0.1, 0.15) is 6.29 Å². The van der Waals surface area contributed by atoms with Crippen molar-refractivity contribution < 1.29 is 4.79 Å². The highest BCUT2D eigenvalue weighted by Gasteiger charge is 2.65. The van der Waals surface area contributed by atoms with Gasteiger partial charge in [-0.05, 0) is 62.7 Å². The van der Waals surface area contributed by atoms with Crippen molar-refractivity contribution >= 4 is 6.29 Å². The Kier molecular flexibility index (Phi) is 2.19. The number of aldehydes is 1. The summed E-state index contributed by atoms with van der Waals surface area (Å²) in [7, 11) is 0. The molecule has 94 valence electrons. The van der Waals surface area contributed by atoms with E-state index >= 15 is 0 Å². The number of rotatable bonds is 1. The number of hydrogen-bond acceptors (Lipinski definition) is 1. The van der Waals surface area contributed by atoms with Crippen LogP contribution in [0.2, 0.25) is 0 Å². The van der Waals surface area contributed by atoms with Crippen molar-refractivity contribution in [3.8, 4) is 0 Å². The lowest BCUT2D eigenvalue weighted by Gasteiger charge is -2.67. The first-order valence-corrected chi connectivity index (χ1v) is 7.03. The van der Waals surface area contributed by atoms with Gasteiger partial charge in [0.15, 0.2) is 0 Å². The molecule has 17 heavy (non-hydrogen) atoms. The van der Waals surface area contributed by atoms with Crippen LogP contribution in [0.1, 0.15) is 53.4 Å². The first-order valence-electron chi connectivity index (χ1n) is 7.03. The van der Waals surface area contributed by atoms with E-state index in [1.165, 1.54) is 31.1 Å². The average Bonchev–Trinajstić information content (AvgIpc) is 2.29. The molecule has 0 N–H and O–H groups in total. The van der Waals surface area contributed by atoms with Gasteiger partial charge in [-0.25, -0.2) is 0 Å². The van der Waals surface area contributed by atoms with E-state index in [0.29, 0.717) is 17.3 Å². The maximum Gasteiger partial charge on any atom is 0.127 e. The number of carbonyl (C=O) groups is 1. The zero-order chi connectivity index (χ0) is 12.4. The van der Waals surface area contributed by atoms with Crippen LogP contribution in [0, 0.1) is 28.6 Å². The van der Waals surface area contributed by atoms with Crippen LogP contribution in [0.5, 0.6) is 0 Å². The molecule has 0 amide bonds. The first kappa shape index (κ1) is 11.5. The zero-order valence-corrected chi connectivity index (χ0v) is 11.5. The molecule has 1 unspecified atom stereocenters. The number of hydrogen-bond donors (Lipinski definition) is 0.